The second-order valence-corrected chi connectivity index (χ2v) is 3.97. The van der Waals surface area contributed by atoms with Crippen molar-refractivity contribution in [1.29, 1.82) is 0 Å². The van der Waals surface area contributed by atoms with Crippen LogP contribution in [-0.2, 0) is 9.53 Å². The fraction of sp³-hybridized carbons (Fsp3) is 0.273. The van der Waals surface area contributed by atoms with Crippen molar-refractivity contribution in [3.8, 4) is 5.75 Å². The molecule has 0 aliphatic rings. The average molecular weight is 323 g/mol. The van der Waals surface area contributed by atoms with Crippen molar-refractivity contribution in [2.45, 2.75) is 6.92 Å². The van der Waals surface area contributed by atoms with Gasteiger partial charge in [0.25, 0.3) is 5.78 Å². The number of hydrogen-bond donors (Lipinski definition) is 0. The van der Waals surface area contributed by atoms with Crippen LogP contribution in [0.15, 0.2) is 10.5 Å². The van der Waals surface area contributed by atoms with Gasteiger partial charge in [-0.15, -0.1) is 0 Å². The van der Waals surface area contributed by atoms with Gasteiger partial charge in [0.1, 0.15) is 0 Å². The first kappa shape index (κ1) is 14.6. The molecule has 0 bridgehead atoms. The highest BCUT2D eigenvalue weighted by molar-refractivity contribution is 9.10. The molecule has 1 rings (SSSR count). The molecular weight excluding hydrogens is 314 g/mol. The number of halogens is 3. The molecule has 98 valence electrons. The first-order chi connectivity index (χ1) is 8.43. The van der Waals surface area contributed by atoms with E-state index in [9.17, 15) is 18.4 Å². The first-order valence-corrected chi connectivity index (χ1v) is 5.66. The van der Waals surface area contributed by atoms with Crippen LogP contribution in [0.3, 0.4) is 0 Å². The van der Waals surface area contributed by atoms with Crippen molar-refractivity contribution in [3.05, 3.63) is 27.7 Å². The monoisotopic (exact) mass is 322 g/mol. The Morgan fingerprint density at radius 2 is 1.94 bits per heavy atom. The Morgan fingerprint density at radius 1 is 1.33 bits per heavy atom. The molecule has 0 aliphatic heterocycles. The Labute approximate surface area is 110 Å². The second-order valence-electron chi connectivity index (χ2n) is 3.11. The lowest BCUT2D eigenvalue weighted by molar-refractivity contribution is -0.137. The molecule has 0 unspecified atom stereocenters. The number of esters is 1. The van der Waals surface area contributed by atoms with Gasteiger partial charge in [-0.2, -0.15) is 4.39 Å². The minimum Gasteiger partial charge on any atom is -0.494 e. The third kappa shape index (κ3) is 2.66. The standard InChI is InChI=1S/C11H9BrF2O4/c1-3-18-11(16)10(15)7-5(12)4-6(17-2)8(13)9(7)14/h4H,3H2,1-2H3. The molecule has 1 aromatic rings. The van der Waals surface area contributed by atoms with Crippen LogP contribution in [0.2, 0.25) is 0 Å². The fourth-order valence-corrected chi connectivity index (χ4v) is 1.79. The molecule has 0 atom stereocenters. The Bertz CT molecular complexity index is 502. The van der Waals surface area contributed by atoms with E-state index in [0.29, 0.717) is 0 Å². The number of benzene rings is 1. The maximum atomic E-state index is 13.6. The maximum Gasteiger partial charge on any atom is 0.379 e. The van der Waals surface area contributed by atoms with Crippen LogP contribution in [-0.4, -0.2) is 25.5 Å². The second kappa shape index (κ2) is 5.90. The summed E-state index contributed by atoms with van der Waals surface area (Å²) in [5, 5.41) is 0. The SMILES string of the molecule is CCOC(=O)C(=O)c1c(Br)cc(OC)c(F)c1F. The first-order valence-electron chi connectivity index (χ1n) is 4.86. The predicted octanol–water partition coefficient (Wildman–Crippen LogP) is 2.48. The van der Waals surface area contributed by atoms with Crippen LogP contribution < -0.4 is 4.74 Å². The van der Waals surface area contributed by atoms with E-state index in [1.54, 1.807) is 0 Å². The zero-order valence-electron chi connectivity index (χ0n) is 9.55. The van der Waals surface area contributed by atoms with Gasteiger partial charge in [0, 0.05) is 4.47 Å². The van der Waals surface area contributed by atoms with E-state index >= 15 is 0 Å². The highest BCUT2D eigenvalue weighted by atomic mass is 79.9. The quantitative estimate of drug-likeness (QED) is 0.370. The van der Waals surface area contributed by atoms with Crippen molar-refractivity contribution in [3.63, 3.8) is 0 Å². The molecule has 0 saturated carbocycles. The van der Waals surface area contributed by atoms with Crippen LogP contribution in [0.25, 0.3) is 0 Å². The molecule has 0 N–H and O–H groups in total. The Balaban J connectivity index is 3.30. The Morgan fingerprint density at radius 3 is 2.44 bits per heavy atom. The third-order valence-electron chi connectivity index (χ3n) is 2.03. The number of hydrogen-bond acceptors (Lipinski definition) is 4. The van der Waals surface area contributed by atoms with Gasteiger partial charge in [-0.1, -0.05) is 0 Å². The molecule has 0 spiro atoms. The lowest BCUT2D eigenvalue weighted by Crippen LogP contribution is -2.20. The summed E-state index contributed by atoms with van der Waals surface area (Å²) in [5.74, 6) is -5.68. The zero-order chi connectivity index (χ0) is 13.9. The van der Waals surface area contributed by atoms with E-state index in [1.165, 1.54) is 6.92 Å². The Kier molecular flexibility index (Phi) is 4.77. The molecule has 0 saturated heterocycles. The summed E-state index contributed by atoms with van der Waals surface area (Å²) in [4.78, 5) is 22.8. The van der Waals surface area contributed by atoms with Crippen LogP contribution in [0.4, 0.5) is 8.78 Å². The number of rotatable bonds is 4. The number of ketones is 1. The van der Waals surface area contributed by atoms with Crippen LogP contribution in [0.5, 0.6) is 5.75 Å². The molecule has 0 aromatic heterocycles. The highest BCUT2D eigenvalue weighted by Crippen LogP contribution is 2.30. The molecule has 4 nitrogen and oxygen atoms in total. The molecule has 7 heteroatoms. The molecule has 0 radical (unpaired) electrons. The summed E-state index contributed by atoms with van der Waals surface area (Å²) in [5.41, 5.74) is -0.716. The highest BCUT2D eigenvalue weighted by Gasteiger charge is 2.28. The van der Waals surface area contributed by atoms with Gasteiger partial charge < -0.3 is 9.47 Å². The van der Waals surface area contributed by atoms with Gasteiger partial charge in [-0.25, -0.2) is 9.18 Å². The van der Waals surface area contributed by atoms with E-state index in [4.69, 9.17) is 0 Å². The summed E-state index contributed by atoms with van der Waals surface area (Å²) in [6.45, 7) is 1.45. The van der Waals surface area contributed by atoms with Gasteiger partial charge in [-0.05, 0) is 28.9 Å². The third-order valence-corrected chi connectivity index (χ3v) is 2.66. The van der Waals surface area contributed by atoms with Gasteiger partial charge >= 0.3 is 5.97 Å². The van der Waals surface area contributed by atoms with Crippen molar-refractivity contribution < 1.29 is 27.8 Å². The summed E-state index contributed by atoms with van der Waals surface area (Å²) in [7, 11) is 1.15. The largest absolute Gasteiger partial charge is 0.494 e. The zero-order valence-corrected chi connectivity index (χ0v) is 11.1. The van der Waals surface area contributed by atoms with Crippen molar-refractivity contribution in [2.24, 2.45) is 0 Å². The Hall–Kier alpha value is -1.50. The number of ether oxygens (including phenoxy) is 2. The van der Waals surface area contributed by atoms with Crippen LogP contribution in [0, 0.1) is 11.6 Å². The van der Waals surface area contributed by atoms with E-state index in [1.807, 2.05) is 0 Å². The van der Waals surface area contributed by atoms with Crippen molar-refractivity contribution in [2.75, 3.05) is 13.7 Å². The number of carbonyl (C=O) groups is 2. The molecule has 18 heavy (non-hydrogen) atoms. The van der Waals surface area contributed by atoms with Crippen LogP contribution >= 0.6 is 15.9 Å². The van der Waals surface area contributed by atoms with Crippen molar-refractivity contribution in [1.82, 2.24) is 0 Å². The van der Waals surface area contributed by atoms with Gasteiger partial charge in [0.15, 0.2) is 11.6 Å². The van der Waals surface area contributed by atoms with E-state index in [-0.39, 0.29) is 16.8 Å². The fourth-order valence-electron chi connectivity index (χ4n) is 1.23. The lowest BCUT2D eigenvalue weighted by atomic mass is 10.1. The topological polar surface area (TPSA) is 52.6 Å². The number of methoxy groups -OCH3 is 1. The smallest absolute Gasteiger partial charge is 0.379 e. The summed E-state index contributed by atoms with van der Waals surface area (Å²) in [6.07, 6.45) is 0. The maximum absolute atomic E-state index is 13.6. The summed E-state index contributed by atoms with van der Waals surface area (Å²) < 4.78 is 36.0. The van der Waals surface area contributed by atoms with E-state index in [0.717, 1.165) is 13.2 Å². The average Bonchev–Trinajstić information content (AvgIpc) is 2.34. The molecule has 0 amide bonds. The number of Topliss-reactive ketones (excluding diaryl/α,β-unsaturated/α-hetero) is 1. The molecule has 1 aromatic carbocycles. The predicted molar refractivity (Wildman–Crippen MR) is 61.6 cm³/mol. The molecular formula is C11H9BrF2O4. The minimum absolute atomic E-state index is 0.0392. The van der Waals surface area contributed by atoms with Crippen molar-refractivity contribution >= 4 is 27.7 Å². The van der Waals surface area contributed by atoms with Crippen LogP contribution in [0.1, 0.15) is 17.3 Å². The van der Waals surface area contributed by atoms with E-state index in [2.05, 4.69) is 25.4 Å². The van der Waals surface area contributed by atoms with Gasteiger partial charge in [0.2, 0.25) is 5.82 Å². The van der Waals surface area contributed by atoms with Gasteiger partial charge in [0.05, 0.1) is 19.3 Å². The lowest BCUT2D eigenvalue weighted by Gasteiger charge is -2.09. The normalized spacial score (nSPS) is 10.1. The summed E-state index contributed by atoms with van der Waals surface area (Å²) >= 11 is 2.88. The summed E-state index contributed by atoms with van der Waals surface area (Å²) in [6, 6.07) is 1.06. The molecule has 0 fully saturated rings. The van der Waals surface area contributed by atoms with E-state index < -0.39 is 29.0 Å². The van der Waals surface area contributed by atoms with Gasteiger partial charge in [-0.3, -0.25) is 4.79 Å². The minimum atomic E-state index is -1.46. The number of carbonyl (C=O) groups excluding carboxylic acids is 2. The molecule has 0 heterocycles. The molecule has 0 aliphatic carbocycles.